The van der Waals surface area contributed by atoms with Crippen LogP contribution in [0.4, 0.5) is 0 Å². The number of rotatable bonds is 5. The molecule has 1 fully saturated rings. The van der Waals surface area contributed by atoms with Crippen LogP contribution in [-0.4, -0.2) is 28.1 Å². The van der Waals surface area contributed by atoms with Crippen molar-refractivity contribution in [2.24, 2.45) is 0 Å². The van der Waals surface area contributed by atoms with Gasteiger partial charge in [-0.2, -0.15) is 0 Å². The molecule has 0 saturated heterocycles. The smallest absolute Gasteiger partial charge is 0.320 e. The van der Waals surface area contributed by atoms with Crippen LogP contribution in [0.5, 0.6) is 0 Å². The van der Waals surface area contributed by atoms with Crippen LogP contribution < -0.4 is 0 Å². The molecule has 1 aromatic carbocycles. The maximum atomic E-state index is 11.2. The van der Waals surface area contributed by atoms with Gasteiger partial charge < -0.3 is 5.11 Å². The molecular formula is C15H21NO2. The number of hydrogen-bond acceptors (Lipinski definition) is 2. The Balaban J connectivity index is 2.18. The van der Waals surface area contributed by atoms with Crippen molar-refractivity contribution in [3.05, 3.63) is 34.9 Å². The largest absolute Gasteiger partial charge is 0.480 e. The molecule has 0 bridgehead atoms. The molecule has 2 rings (SSSR count). The Bertz CT molecular complexity index is 452. The number of aliphatic carboxylic acids is 1. The number of aryl methyl sites for hydroxylation is 2. The van der Waals surface area contributed by atoms with Gasteiger partial charge in [0.1, 0.15) is 6.04 Å². The molecule has 1 aliphatic carbocycles. The summed E-state index contributed by atoms with van der Waals surface area (Å²) in [6.45, 7) is 6.69. The minimum absolute atomic E-state index is 0.405. The lowest BCUT2D eigenvalue weighted by molar-refractivity contribution is -0.143. The molecule has 0 radical (unpaired) electrons. The Morgan fingerprint density at radius 1 is 1.44 bits per heavy atom. The number of carbonyl (C=O) groups is 1. The summed E-state index contributed by atoms with van der Waals surface area (Å²) in [5.41, 5.74) is 3.72. The van der Waals surface area contributed by atoms with E-state index in [0.717, 1.165) is 19.4 Å². The van der Waals surface area contributed by atoms with E-state index in [1.54, 1.807) is 6.92 Å². The van der Waals surface area contributed by atoms with Crippen LogP contribution in [0.25, 0.3) is 0 Å². The van der Waals surface area contributed by atoms with Gasteiger partial charge in [-0.25, -0.2) is 0 Å². The molecule has 1 aliphatic rings. The molecule has 1 unspecified atom stereocenters. The molecule has 3 nitrogen and oxygen atoms in total. The van der Waals surface area contributed by atoms with Crippen LogP contribution in [0.15, 0.2) is 18.2 Å². The first kappa shape index (κ1) is 13.1. The normalized spacial score (nSPS) is 16.9. The molecule has 0 heterocycles. The molecule has 18 heavy (non-hydrogen) atoms. The van der Waals surface area contributed by atoms with E-state index in [4.69, 9.17) is 0 Å². The summed E-state index contributed by atoms with van der Waals surface area (Å²) in [5.74, 6) is -0.729. The highest BCUT2D eigenvalue weighted by atomic mass is 16.4. The van der Waals surface area contributed by atoms with Crippen molar-refractivity contribution in [3.63, 3.8) is 0 Å². The lowest BCUT2D eigenvalue weighted by Crippen LogP contribution is -2.40. The molecule has 0 spiro atoms. The third-order valence-corrected chi connectivity index (χ3v) is 3.73. The fraction of sp³-hybridized carbons (Fsp3) is 0.533. The second-order valence-corrected chi connectivity index (χ2v) is 5.35. The summed E-state index contributed by atoms with van der Waals surface area (Å²) in [7, 11) is 0. The zero-order valence-electron chi connectivity index (χ0n) is 11.3. The monoisotopic (exact) mass is 247 g/mol. The molecule has 0 amide bonds. The van der Waals surface area contributed by atoms with Gasteiger partial charge in [0.05, 0.1) is 0 Å². The van der Waals surface area contributed by atoms with Crippen molar-refractivity contribution in [3.8, 4) is 0 Å². The lowest BCUT2D eigenvalue weighted by Gasteiger charge is -2.27. The topological polar surface area (TPSA) is 40.5 Å². The average Bonchev–Trinajstić information content (AvgIpc) is 3.13. The summed E-state index contributed by atoms with van der Waals surface area (Å²) in [6, 6.07) is 6.43. The van der Waals surface area contributed by atoms with Gasteiger partial charge in [-0.1, -0.05) is 23.8 Å². The highest BCUT2D eigenvalue weighted by Crippen LogP contribution is 2.30. The molecule has 1 saturated carbocycles. The number of carboxylic acids is 1. The first-order valence-electron chi connectivity index (χ1n) is 6.53. The number of carboxylic acid groups (broad SMARTS) is 1. The van der Waals surface area contributed by atoms with Gasteiger partial charge in [-0.3, -0.25) is 9.69 Å². The molecule has 0 aliphatic heterocycles. The fourth-order valence-corrected chi connectivity index (χ4v) is 2.30. The highest BCUT2D eigenvalue weighted by molar-refractivity contribution is 5.73. The van der Waals surface area contributed by atoms with E-state index in [0.29, 0.717) is 6.04 Å². The van der Waals surface area contributed by atoms with Crippen molar-refractivity contribution in [1.29, 1.82) is 0 Å². The summed E-state index contributed by atoms with van der Waals surface area (Å²) < 4.78 is 0. The molecule has 1 N–H and O–H groups in total. The van der Waals surface area contributed by atoms with E-state index in [1.807, 2.05) is 0 Å². The first-order valence-corrected chi connectivity index (χ1v) is 6.53. The SMILES string of the molecule is Cc1ccc(C)c(CN(C2CC2)C(C)C(=O)O)c1. The van der Waals surface area contributed by atoms with Crippen molar-refractivity contribution >= 4 is 5.97 Å². The predicted molar refractivity (Wildman–Crippen MR) is 71.6 cm³/mol. The zero-order chi connectivity index (χ0) is 13.3. The van der Waals surface area contributed by atoms with Crippen LogP contribution in [0.2, 0.25) is 0 Å². The van der Waals surface area contributed by atoms with Gasteiger partial charge in [0.2, 0.25) is 0 Å². The van der Waals surface area contributed by atoms with Crippen LogP contribution in [0, 0.1) is 13.8 Å². The van der Waals surface area contributed by atoms with Crippen LogP contribution in [0.1, 0.15) is 36.5 Å². The van der Waals surface area contributed by atoms with Crippen molar-refractivity contribution in [2.45, 2.75) is 52.2 Å². The standard InChI is InChI=1S/C15H21NO2/c1-10-4-5-11(2)13(8-10)9-16(14-6-7-14)12(3)15(17)18/h4-5,8,12,14H,6-7,9H2,1-3H3,(H,17,18). The van der Waals surface area contributed by atoms with Crippen molar-refractivity contribution in [2.75, 3.05) is 0 Å². The Morgan fingerprint density at radius 3 is 2.67 bits per heavy atom. The summed E-state index contributed by atoms with van der Waals surface area (Å²) >= 11 is 0. The van der Waals surface area contributed by atoms with E-state index in [9.17, 15) is 9.90 Å². The summed E-state index contributed by atoms with van der Waals surface area (Å²) in [4.78, 5) is 13.3. The summed E-state index contributed by atoms with van der Waals surface area (Å²) in [6.07, 6.45) is 2.25. The number of nitrogens with zero attached hydrogens (tertiary/aromatic N) is 1. The van der Waals surface area contributed by atoms with Crippen molar-refractivity contribution < 1.29 is 9.90 Å². The van der Waals surface area contributed by atoms with Gasteiger partial charge in [-0.15, -0.1) is 0 Å². The van der Waals surface area contributed by atoms with E-state index in [-0.39, 0.29) is 0 Å². The number of benzene rings is 1. The minimum Gasteiger partial charge on any atom is -0.480 e. The predicted octanol–water partition coefficient (Wildman–Crippen LogP) is 2.74. The third-order valence-electron chi connectivity index (χ3n) is 3.73. The van der Waals surface area contributed by atoms with Gasteiger partial charge in [0.25, 0.3) is 0 Å². The molecule has 3 heteroatoms. The Kier molecular flexibility index (Phi) is 3.71. The van der Waals surface area contributed by atoms with E-state index in [1.165, 1.54) is 16.7 Å². The highest BCUT2D eigenvalue weighted by Gasteiger charge is 2.35. The summed E-state index contributed by atoms with van der Waals surface area (Å²) in [5, 5.41) is 9.19. The Hall–Kier alpha value is -1.35. The third kappa shape index (κ3) is 2.91. The Labute approximate surface area is 108 Å². The van der Waals surface area contributed by atoms with Crippen molar-refractivity contribution in [1.82, 2.24) is 4.90 Å². The molecule has 0 aromatic heterocycles. The Morgan fingerprint density at radius 2 is 2.11 bits per heavy atom. The van der Waals surface area contributed by atoms with E-state index < -0.39 is 12.0 Å². The van der Waals surface area contributed by atoms with Gasteiger partial charge in [0.15, 0.2) is 0 Å². The fourth-order valence-electron chi connectivity index (χ4n) is 2.30. The van der Waals surface area contributed by atoms with E-state index in [2.05, 4.69) is 36.9 Å². The molecule has 98 valence electrons. The second kappa shape index (κ2) is 5.11. The van der Waals surface area contributed by atoms with Crippen LogP contribution in [0.3, 0.4) is 0 Å². The molecule has 1 atom stereocenters. The minimum atomic E-state index is -0.729. The van der Waals surface area contributed by atoms with Gasteiger partial charge >= 0.3 is 5.97 Å². The number of hydrogen-bond donors (Lipinski definition) is 1. The van der Waals surface area contributed by atoms with Gasteiger partial charge in [0, 0.05) is 12.6 Å². The van der Waals surface area contributed by atoms with Crippen LogP contribution >= 0.6 is 0 Å². The lowest BCUT2D eigenvalue weighted by atomic mass is 10.0. The zero-order valence-corrected chi connectivity index (χ0v) is 11.3. The van der Waals surface area contributed by atoms with E-state index >= 15 is 0 Å². The maximum Gasteiger partial charge on any atom is 0.320 e. The molecular weight excluding hydrogens is 226 g/mol. The van der Waals surface area contributed by atoms with Gasteiger partial charge in [-0.05, 0) is 44.7 Å². The maximum absolute atomic E-state index is 11.2. The first-order chi connectivity index (χ1) is 8.49. The molecule has 1 aromatic rings. The van der Waals surface area contributed by atoms with Crippen LogP contribution in [-0.2, 0) is 11.3 Å². The average molecular weight is 247 g/mol. The quantitative estimate of drug-likeness (QED) is 0.869. The second-order valence-electron chi connectivity index (χ2n) is 5.35.